The molecule has 26 heavy (non-hydrogen) atoms. The molecule has 0 saturated heterocycles. The zero-order valence-electron chi connectivity index (χ0n) is 14.4. The lowest BCUT2D eigenvalue weighted by Crippen LogP contribution is -2.31. The lowest BCUT2D eigenvalue weighted by atomic mass is 9.77. The molecule has 2 aliphatic rings. The van der Waals surface area contributed by atoms with Crippen LogP contribution in [0, 0.1) is 0 Å². The number of hydrogen-bond donors (Lipinski definition) is 1. The first kappa shape index (κ1) is 18.7. The third-order valence-corrected chi connectivity index (χ3v) is 4.96. The lowest BCUT2D eigenvalue weighted by molar-refractivity contribution is -0.140. The van der Waals surface area contributed by atoms with Gasteiger partial charge in [-0.25, -0.2) is 4.79 Å². The van der Waals surface area contributed by atoms with E-state index in [2.05, 4.69) is 15.9 Å². The number of ether oxygens (including phenoxy) is 3. The quantitative estimate of drug-likeness (QED) is 0.580. The molecule has 6 nitrogen and oxygen atoms in total. The van der Waals surface area contributed by atoms with Gasteiger partial charge in [-0.1, -0.05) is 28.1 Å². The second-order valence-electron chi connectivity index (χ2n) is 6.11. The van der Waals surface area contributed by atoms with Gasteiger partial charge in [-0.3, -0.25) is 4.79 Å². The SMILES string of the molecule is COCCOC(=O)C1=C(N)OC2=C(C(=O)CCC2)[C@H]1c1ccc(Br)cc1. The molecule has 2 N–H and O–H groups in total. The molecule has 3 rings (SSSR count). The van der Waals surface area contributed by atoms with Crippen molar-refractivity contribution >= 4 is 27.7 Å². The van der Waals surface area contributed by atoms with Crippen molar-refractivity contribution in [3.05, 3.63) is 57.1 Å². The number of carbonyl (C=O) groups is 2. The second kappa shape index (κ2) is 8.05. The Kier molecular flexibility index (Phi) is 5.78. The number of ketones is 1. The predicted octanol–water partition coefficient (Wildman–Crippen LogP) is 2.93. The largest absolute Gasteiger partial charge is 0.460 e. The average Bonchev–Trinajstić information content (AvgIpc) is 2.61. The molecule has 1 aliphatic heterocycles. The number of Topliss-reactive ketones (excluding diaryl/α,β-unsaturated/α-hetero) is 1. The van der Waals surface area contributed by atoms with Crippen LogP contribution in [0.5, 0.6) is 0 Å². The molecule has 1 aromatic rings. The zero-order valence-corrected chi connectivity index (χ0v) is 16.0. The van der Waals surface area contributed by atoms with Crippen LogP contribution in [0.1, 0.15) is 30.7 Å². The Balaban J connectivity index is 2.04. The fourth-order valence-electron chi connectivity index (χ4n) is 3.24. The number of hydrogen-bond acceptors (Lipinski definition) is 6. The molecular formula is C19H20BrNO5. The summed E-state index contributed by atoms with van der Waals surface area (Å²) < 4.78 is 16.7. The van der Waals surface area contributed by atoms with Gasteiger partial charge in [-0.2, -0.15) is 0 Å². The number of allylic oxidation sites excluding steroid dienone is 2. The monoisotopic (exact) mass is 421 g/mol. The van der Waals surface area contributed by atoms with E-state index in [0.29, 0.717) is 30.6 Å². The first-order valence-corrected chi connectivity index (χ1v) is 9.17. The fraction of sp³-hybridized carbons (Fsp3) is 0.368. The molecule has 0 amide bonds. The molecule has 0 aromatic heterocycles. The van der Waals surface area contributed by atoms with E-state index < -0.39 is 11.9 Å². The fourth-order valence-corrected chi connectivity index (χ4v) is 3.50. The van der Waals surface area contributed by atoms with Gasteiger partial charge >= 0.3 is 5.97 Å². The van der Waals surface area contributed by atoms with E-state index in [1.54, 1.807) is 0 Å². The molecule has 0 radical (unpaired) electrons. The Hall–Kier alpha value is -2.12. The third kappa shape index (κ3) is 3.68. The standard InChI is InChI=1S/C19H20BrNO5/c1-24-9-10-25-19(23)17-15(11-5-7-12(20)8-6-11)16-13(22)3-2-4-14(16)26-18(17)21/h5-8,15H,2-4,9-10,21H2,1H3/t15-/m1/s1. The van der Waals surface area contributed by atoms with E-state index in [-0.39, 0.29) is 30.5 Å². The number of esters is 1. The van der Waals surface area contributed by atoms with Crippen LogP contribution in [-0.4, -0.2) is 32.1 Å². The summed E-state index contributed by atoms with van der Waals surface area (Å²) in [6, 6.07) is 7.45. The number of methoxy groups -OCH3 is 1. The van der Waals surface area contributed by atoms with Gasteiger partial charge in [0, 0.05) is 30.0 Å². The highest BCUT2D eigenvalue weighted by Gasteiger charge is 2.41. The number of rotatable bonds is 5. The maximum Gasteiger partial charge on any atom is 0.340 e. The molecule has 1 aliphatic carbocycles. The average molecular weight is 422 g/mol. The van der Waals surface area contributed by atoms with Gasteiger partial charge in [-0.15, -0.1) is 0 Å². The summed E-state index contributed by atoms with van der Waals surface area (Å²) >= 11 is 3.40. The molecule has 7 heteroatoms. The topological polar surface area (TPSA) is 87.8 Å². The van der Waals surface area contributed by atoms with Gasteiger partial charge in [0.05, 0.1) is 12.5 Å². The summed E-state index contributed by atoms with van der Waals surface area (Å²) in [5, 5.41) is 0. The summed E-state index contributed by atoms with van der Waals surface area (Å²) in [6.07, 6.45) is 1.77. The van der Waals surface area contributed by atoms with Gasteiger partial charge in [0.25, 0.3) is 0 Å². The highest BCUT2D eigenvalue weighted by Crippen LogP contribution is 2.44. The Bertz CT molecular complexity index is 782. The summed E-state index contributed by atoms with van der Waals surface area (Å²) in [4.78, 5) is 25.3. The minimum absolute atomic E-state index is 0.00575. The van der Waals surface area contributed by atoms with E-state index in [4.69, 9.17) is 19.9 Å². The van der Waals surface area contributed by atoms with Crippen molar-refractivity contribution in [1.29, 1.82) is 0 Å². The van der Waals surface area contributed by atoms with E-state index >= 15 is 0 Å². The Labute approximate surface area is 160 Å². The number of nitrogens with two attached hydrogens (primary N) is 1. The minimum Gasteiger partial charge on any atom is -0.460 e. The molecule has 0 unspecified atom stereocenters. The maximum absolute atomic E-state index is 12.7. The Morgan fingerprint density at radius 3 is 2.69 bits per heavy atom. The Morgan fingerprint density at radius 1 is 1.27 bits per heavy atom. The lowest BCUT2D eigenvalue weighted by Gasteiger charge is -2.32. The van der Waals surface area contributed by atoms with Crippen molar-refractivity contribution in [3.8, 4) is 0 Å². The van der Waals surface area contributed by atoms with Crippen molar-refractivity contribution in [2.75, 3.05) is 20.3 Å². The van der Waals surface area contributed by atoms with Crippen molar-refractivity contribution in [2.45, 2.75) is 25.2 Å². The molecule has 0 fully saturated rings. The van der Waals surface area contributed by atoms with E-state index in [1.807, 2.05) is 24.3 Å². The molecule has 1 aromatic carbocycles. The van der Waals surface area contributed by atoms with Crippen LogP contribution in [0.4, 0.5) is 0 Å². The van der Waals surface area contributed by atoms with Crippen molar-refractivity contribution < 1.29 is 23.8 Å². The molecule has 138 valence electrons. The first-order chi connectivity index (χ1) is 12.5. The highest BCUT2D eigenvalue weighted by atomic mass is 79.9. The molecule has 1 heterocycles. The summed E-state index contributed by atoms with van der Waals surface area (Å²) in [5.41, 5.74) is 7.53. The summed E-state index contributed by atoms with van der Waals surface area (Å²) in [7, 11) is 1.52. The maximum atomic E-state index is 12.7. The zero-order chi connectivity index (χ0) is 18.7. The number of halogens is 1. The summed E-state index contributed by atoms with van der Waals surface area (Å²) in [5.74, 6) is -0.658. The smallest absolute Gasteiger partial charge is 0.340 e. The van der Waals surface area contributed by atoms with Crippen molar-refractivity contribution in [2.24, 2.45) is 5.73 Å². The van der Waals surface area contributed by atoms with Gasteiger partial charge in [0.2, 0.25) is 5.88 Å². The Morgan fingerprint density at radius 2 is 2.00 bits per heavy atom. The number of carbonyl (C=O) groups excluding carboxylic acids is 2. The highest BCUT2D eigenvalue weighted by molar-refractivity contribution is 9.10. The molecule has 0 spiro atoms. The van der Waals surface area contributed by atoms with Crippen molar-refractivity contribution in [1.82, 2.24) is 0 Å². The molecule has 0 saturated carbocycles. The van der Waals surface area contributed by atoms with Crippen LogP contribution < -0.4 is 5.73 Å². The molecule has 0 bridgehead atoms. The van der Waals surface area contributed by atoms with Crippen LogP contribution in [0.25, 0.3) is 0 Å². The van der Waals surface area contributed by atoms with Gasteiger partial charge in [0.15, 0.2) is 5.78 Å². The van der Waals surface area contributed by atoms with Crippen LogP contribution in [-0.2, 0) is 23.8 Å². The summed E-state index contributed by atoms with van der Waals surface area (Å²) in [6.45, 7) is 0.370. The molecule has 1 atom stereocenters. The van der Waals surface area contributed by atoms with Crippen LogP contribution in [0.3, 0.4) is 0 Å². The third-order valence-electron chi connectivity index (χ3n) is 4.43. The normalized spacial score (nSPS) is 19.9. The van der Waals surface area contributed by atoms with E-state index in [1.165, 1.54) is 7.11 Å². The van der Waals surface area contributed by atoms with Gasteiger partial charge in [0.1, 0.15) is 17.9 Å². The number of benzene rings is 1. The second-order valence-corrected chi connectivity index (χ2v) is 7.02. The predicted molar refractivity (Wildman–Crippen MR) is 97.9 cm³/mol. The van der Waals surface area contributed by atoms with Crippen LogP contribution in [0.15, 0.2) is 51.5 Å². The van der Waals surface area contributed by atoms with E-state index in [0.717, 1.165) is 10.0 Å². The van der Waals surface area contributed by atoms with Crippen LogP contribution >= 0.6 is 15.9 Å². The minimum atomic E-state index is -0.600. The van der Waals surface area contributed by atoms with Gasteiger partial charge < -0.3 is 19.9 Å². The van der Waals surface area contributed by atoms with Crippen LogP contribution in [0.2, 0.25) is 0 Å². The molecular weight excluding hydrogens is 402 g/mol. The van der Waals surface area contributed by atoms with Crippen molar-refractivity contribution in [3.63, 3.8) is 0 Å². The van der Waals surface area contributed by atoms with E-state index in [9.17, 15) is 9.59 Å². The van der Waals surface area contributed by atoms with Gasteiger partial charge in [-0.05, 0) is 24.1 Å². The first-order valence-electron chi connectivity index (χ1n) is 8.38.